The molecule has 1 aliphatic heterocycles. The number of benzene rings is 2. The van der Waals surface area contributed by atoms with Crippen molar-refractivity contribution in [3.8, 4) is 0 Å². The molecule has 1 saturated heterocycles. The highest BCUT2D eigenvalue weighted by atomic mass is 28.2. The molecular formula is C23H30N2O2Si. The Morgan fingerprint density at radius 1 is 1.14 bits per heavy atom. The Morgan fingerprint density at radius 3 is 2.61 bits per heavy atom. The average Bonchev–Trinajstić information content (AvgIpc) is 3.00. The lowest BCUT2D eigenvalue weighted by Crippen LogP contribution is -2.38. The van der Waals surface area contributed by atoms with Crippen LogP contribution in [-0.4, -0.2) is 55.6 Å². The van der Waals surface area contributed by atoms with Gasteiger partial charge in [-0.05, 0) is 63.5 Å². The maximum atomic E-state index is 11.9. The molecule has 0 aliphatic carbocycles. The second-order valence-electron chi connectivity index (χ2n) is 8.10. The van der Waals surface area contributed by atoms with Crippen molar-refractivity contribution in [1.82, 2.24) is 9.47 Å². The van der Waals surface area contributed by atoms with E-state index in [0.29, 0.717) is 0 Å². The zero-order valence-electron chi connectivity index (χ0n) is 16.9. The van der Waals surface area contributed by atoms with Gasteiger partial charge in [-0.2, -0.15) is 0 Å². The molecule has 4 nitrogen and oxygen atoms in total. The SMILES string of the molecule is C[SiH2]c1ccc2c(c1)c1cc(C(C)=O)ccc1n2CCCN1CCCC(O)C1. The van der Waals surface area contributed by atoms with E-state index in [0.717, 1.165) is 51.0 Å². The molecule has 1 aliphatic rings. The molecule has 2 aromatic carbocycles. The Bertz CT molecular complexity index is 1010. The number of carbonyl (C=O) groups excluding carboxylic acids is 1. The van der Waals surface area contributed by atoms with Crippen LogP contribution in [0.1, 0.15) is 36.5 Å². The fraction of sp³-hybridized carbons (Fsp3) is 0.435. The molecule has 28 heavy (non-hydrogen) atoms. The second-order valence-corrected chi connectivity index (χ2v) is 9.62. The second kappa shape index (κ2) is 8.19. The highest BCUT2D eigenvalue weighted by molar-refractivity contribution is 6.52. The zero-order chi connectivity index (χ0) is 19.7. The number of β-amino-alcohol motifs (C(OH)–C–C–N with tert-alkyl or cyclic N) is 1. The Morgan fingerprint density at radius 2 is 1.89 bits per heavy atom. The summed E-state index contributed by atoms with van der Waals surface area (Å²) in [7, 11) is -0.220. The number of aliphatic hydroxyl groups is 1. The van der Waals surface area contributed by atoms with Gasteiger partial charge in [-0.15, -0.1) is 0 Å². The Balaban J connectivity index is 1.66. The highest BCUT2D eigenvalue weighted by Crippen LogP contribution is 2.30. The van der Waals surface area contributed by atoms with Crippen LogP contribution in [0.15, 0.2) is 36.4 Å². The molecule has 148 valence electrons. The first-order valence-corrected chi connectivity index (χ1v) is 12.6. The van der Waals surface area contributed by atoms with Gasteiger partial charge in [0.25, 0.3) is 0 Å². The van der Waals surface area contributed by atoms with E-state index >= 15 is 0 Å². The van der Waals surface area contributed by atoms with Crippen LogP contribution in [0, 0.1) is 0 Å². The Labute approximate surface area is 169 Å². The van der Waals surface area contributed by atoms with Gasteiger partial charge < -0.3 is 14.6 Å². The minimum absolute atomic E-state index is 0.118. The van der Waals surface area contributed by atoms with E-state index in [1.54, 1.807) is 6.92 Å². The first-order chi connectivity index (χ1) is 13.6. The lowest BCUT2D eigenvalue weighted by atomic mass is 10.1. The molecule has 5 heteroatoms. The molecule has 1 N–H and O–H groups in total. The van der Waals surface area contributed by atoms with E-state index in [4.69, 9.17) is 0 Å². The summed E-state index contributed by atoms with van der Waals surface area (Å²) in [5.41, 5.74) is 3.27. The largest absolute Gasteiger partial charge is 0.392 e. The van der Waals surface area contributed by atoms with E-state index in [-0.39, 0.29) is 21.4 Å². The first kappa shape index (κ1) is 19.4. The maximum Gasteiger partial charge on any atom is 0.159 e. The normalized spacial score (nSPS) is 18.6. The van der Waals surface area contributed by atoms with Gasteiger partial charge in [-0.25, -0.2) is 0 Å². The fourth-order valence-electron chi connectivity index (χ4n) is 4.52. The molecule has 0 bridgehead atoms. The van der Waals surface area contributed by atoms with Gasteiger partial charge in [0.1, 0.15) is 0 Å². The third kappa shape index (κ3) is 3.79. The molecule has 4 rings (SSSR count). The molecule has 2 heterocycles. The predicted molar refractivity (Wildman–Crippen MR) is 120 cm³/mol. The summed E-state index contributed by atoms with van der Waals surface area (Å²) in [4.78, 5) is 14.3. The number of rotatable bonds is 6. The van der Waals surface area contributed by atoms with E-state index in [1.165, 1.54) is 27.0 Å². The third-order valence-electron chi connectivity index (χ3n) is 6.08. The molecule has 3 aromatic rings. The highest BCUT2D eigenvalue weighted by Gasteiger charge is 2.18. The van der Waals surface area contributed by atoms with Gasteiger partial charge in [-0.3, -0.25) is 4.79 Å². The van der Waals surface area contributed by atoms with E-state index in [1.807, 2.05) is 6.07 Å². The summed E-state index contributed by atoms with van der Waals surface area (Å²) in [6.07, 6.45) is 2.92. The summed E-state index contributed by atoms with van der Waals surface area (Å²) < 4.78 is 2.41. The van der Waals surface area contributed by atoms with E-state index in [2.05, 4.69) is 46.3 Å². The molecule has 1 aromatic heterocycles. The van der Waals surface area contributed by atoms with Crippen molar-refractivity contribution in [2.24, 2.45) is 0 Å². The predicted octanol–water partition coefficient (Wildman–Crippen LogP) is 2.69. The molecule has 1 unspecified atom stereocenters. The molecular weight excluding hydrogens is 364 g/mol. The Hall–Kier alpha value is -1.95. The number of likely N-dealkylation sites (tertiary alicyclic amines) is 1. The van der Waals surface area contributed by atoms with Crippen molar-refractivity contribution >= 4 is 42.3 Å². The maximum absolute atomic E-state index is 11.9. The third-order valence-corrected chi connectivity index (χ3v) is 7.34. The number of hydrogen-bond donors (Lipinski definition) is 1. The number of aryl methyl sites for hydroxylation is 1. The van der Waals surface area contributed by atoms with Crippen molar-refractivity contribution in [1.29, 1.82) is 0 Å². The number of ketones is 1. The lowest BCUT2D eigenvalue weighted by Gasteiger charge is -2.30. The van der Waals surface area contributed by atoms with Crippen molar-refractivity contribution in [2.45, 2.75) is 45.4 Å². The number of hydrogen-bond acceptors (Lipinski definition) is 3. The van der Waals surface area contributed by atoms with Crippen LogP contribution < -0.4 is 5.19 Å². The van der Waals surface area contributed by atoms with Crippen LogP contribution >= 0.6 is 0 Å². The summed E-state index contributed by atoms with van der Waals surface area (Å²) in [6, 6.07) is 13.0. The molecule has 1 fully saturated rings. The van der Waals surface area contributed by atoms with Crippen LogP contribution in [0.2, 0.25) is 6.55 Å². The smallest absolute Gasteiger partial charge is 0.159 e. The number of nitrogens with zero attached hydrogens (tertiary/aromatic N) is 2. The van der Waals surface area contributed by atoms with Crippen LogP contribution in [0.5, 0.6) is 0 Å². The summed E-state index contributed by atoms with van der Waals surface area (Å²) in [6.45, 7) is 7.82. The molecule has 0 spiro atoms. The lowest BCUT2D eigenvalue weighted by molar-refractivity contribution is 0.0696. The number of aromatic nitrogens is 1. The summed E-state index contributed by atoms with van der Waals surface area (Å²) >= 11 is 0. The monoisotopic (exact) mass is 394 g/mol. The first-order valence-electron chi connectivity index (χ1n) is 10.5. The minimum atomic E-state index is -0.220. The fourth-order valence-corrected chi connectivity index (χ4v) is 5.28. The zero-order valence-corrected chi connectivity index (χ0v) is 18.4. The van der Waals surface area contributed by atoms with Crippen LogP contribution in [0.25, 0.3) is 21.8 Å². The van der Waals surface area contributed by atoms with Crippen molar-refractivity contribution < 1.29 is 9.90 Å². The van der Waals surface area contributed by atoms with Gasteiger partial charge in [0.05, 0.1) is 15.6 Å². The summed E-state index contributed by atoms with van der Waals surface area (Å²) in [5, 5.41) is 13.8. The molecule has 0 amide bonds. The van der Waals surface area contributed by atoms with Gasteiger partial charge in [-0.1, -0.05) is 23.9 Å². The Kier molecular flexibility index (Phi) is 5.67. The van der Waals surface area contributed by atoms with Crippen molar-refractivity contribution in [2.75, 3.05) is 19.6 Å². The van der Waals surface area contributed by atoms with Crippen molar-refractivity contribution in [3.05, 3.63) is 42.0 Å². The van der Waals surface area contributed by atoms with Gasteiger partial charge in [0.15, 0.2) is 5.78 Å². The standard InChI is InChI=1S/C23H30N2O2Si/c1-16(26)17-6-8-22-20(13-17)21-14-19(28-2)7-9-23(21)25(22)12-4-11-24-10-3-5-18(27)15-24/h6-9,13-14,18,27H,3-5,10-12,15,28H2,1-2H3. The molecule has 0 saturated carbocycles. The van der Waals surface area contributed by atoms with E-state index in [9.17, 15) is 9.90 Å². The number of Topliss-reactive ketones (excluding diaryl/α,β-unsaturated/α-hetero) is 1. The van der Waals surface area contributed by atoms with E-state index < -0.39 is 0 Å². The van der Waals surface area contributed by atoms with Crippen LogP contribution in [0.3, 0.4) is 0 Å². The van der Waals surface area contributed by atoms with Gasteiger partial charge >= 0.3 is 0 Å². The van der Waals surface area contributed by atoms with Gasteiger partial charge in [0.2, 0.25) is 0 Å². The van der Waals surface area contributed by atoms with Crippen LogP contribution in [-0.2, 0) is 6.54 Å². The molecule has 1 atom stereocenters. The average molecular weight is 395 g/mol. The van der Waals surface area contributed by atoms with Crippen LogP contribution in [0.4, 0.5) is 0 Å². The number of carbonyl (C=O) groups is 1. The quantitative estimate of drug-likeness (QED) is 0.516. The minimum Gasteiger partial charge on any atom is -0.392 e. The number of aliphatic hydroxyl groups excluding tert-OH is 1. The number of piperidine rings is 1. The topological polar surface area (TPSA) is 45.5 Å². The molecule has 0 radical (unpaired) electrons. The number of fused-ring (bicyclic) bond motifs is 3. The summed E-state index contributed by atoms with van der Waals surface area (Å²) in [5.74, 6) is 0.118. The van der Waals surface area contributed by atoms with Crippen molar-refractivity contribution in [3.63, 3.8) is 0 Å². The van der Waals surface area contributed by atoms with Gasteiger partial charge in [0, 0.05) is 40.5 Å².